The lowest BCUT2D eigenvalue weighted by molar-refractivity contribution is -0.144. The van der Waals surface area contributed by atoms with Crippen LogP contribution in [0.4, 0.5) is 0 Å². The fraction of sp³-hybridized carbons (Fsp3) is 0.458. The van der Waals surface area contributed by atoms with Crippen LogP contribution in [-0.4, -0.2) is 31.5 Å². The molecule has 0 saturated carbocycles. The summed E-state index contributed by atoms with van der Waals surface area (Å²) in [5, 5.41) is 0. The van der Waals surface area contributed by atoms with Crippen molar-refractivity contribution in [3.05, 3.63) is 62.6 Å². The van der Waals surface area contributed by atoms with E-state index < -0.39 is 0 Å². The fourth-order valence-electron chi connectivity index (χ4n) is 4.83. The van der Waals surface area contributed by atoms with Gasteiger partial charge < -0.3 is 14.4 Å². The molecule has 3 atom stereocenters. The molecule has 0 unspecified atom stereocenters. The van der Waals surface area contributed by atoms with Gasteiger partial charge in [-0.15, -0.1) is 0 Å². The van der Waals surface area contributed by atoms with E-state index in [1.807, 2.05) is 32.3 Å². The minimum absolute atomic E-state index is 0.0484. The van der Waals surface area contributed by atoms with E-state index in [2.05, 4.69) is 46.8 Å². The Bertz CT molecular complexity index is 940. The topological polar surface area (TPSA) is 38.8 Å². The van der Waals surface area contributed by atoms with E-state index >= 15 is 0 Å². The number of halogens is 1. The number of ether oxygens (including phenoxy) is 2. The number of esters is 1. The van der Waals surface area contributed by atoms with Crippen molar-refractivity contribution in [3.63, 3.8) is 0 Å². The number of benzene rings is 2. The average Bonchev–Trinajstić information content (AvgIpc) is 2.99. The van der Waals surface area contributed by atoms with Gasteiger partial charge in [-0.2, -0.15) is 0 Å². The van der Waals surface area contributed by atoms with Crippen LogP contribution in [0.15, 0.2) is 34.8 Å². The molecule has 0 bridgehead atoms. The summed E-state index contributed by atoms with van der Waals surface area (Å²) in [4.78, 5) is 14.7. The fourth-order valence-corrected chi connectivity index (χ4v) is 5.23. The molecule has 5 heteroatoms. The molecule has 2 aromatic rings. The van der Waals surface area contributed by atoms with Crippen LogP contribution >= 0.6 is 15.9 Å². The number of nitrogens with zero attached hydrogens (tertiary/aromatic N) is 1. The first-order chi connectivity index (χ1) is 13.9. The molecule has 1 heterocycles. The van der Waals surface area contributed by atoms with E-state index in [9.17, 15) is 4.79 Å². The smallest absolute Gasteiger partial charge is 0.311 e. The van der Waals surface area contributed by atoms with Gasteiger partial charge in [0.05, 0.1) is 5.92 Å². The molecule has 0 aromatic heterocycles. The monoisotopic (exact) mass is 457 g/mol. The lowest BCUT2D eigenvalue weighted by Gasteiger charge is -2.32. The van der Waals surface area contributed by atoms with Crippen LogP contribution in [0.25, 0.3) is 0 Å². The van der Waals surface area contributed by atoms with E-state index in [4.69, 9.17) is 9.47 Å². The third-order valence-electron chi connectivity index (χ3n) is 6.29. The number of fused-ring (bicyclic) bond motifs is 3. The molecule has 1 aliphatic heterocycles. The summed E-state index contributed by atoms with van der Waals surface area (Å²) in [6.45, 7) is 5.48. The minimum Gasteiger partial charge on any atom is -0.489 e. The number of carbonyl (C=O) groups is 1. The standard InChI is InChI=1S/C24H28BrNO3/c1-14-11-21(28-13-16-7-5-6-8-20(16)25)15(2)22-17(14)9-10-18-19(12-26(3)4)24(27)29-23(18)22/h5-8,11,18-19,23H,9-10,12-13H2,1-4H3/t18-,19-,23+/m0/s1. The van der Waals surface area contributed by atoms with Crippen molar-refractivity contribution in [2.24, 2.45) is 11.8 Å². The summed E-state index contributed by atoms with van der Waals surface area (Å²) in [5.41, 5.74) is 5.94. The number of carbonyl (C=O) groups excluding carboxylic acids is 1. The second kappa shape index (κ2) is 8.11. The highest BCUT2D eigenvalue weighted by molar-refractivity contribution is 9.10. The molecule has 154 valence electrons. The Balaban J connectivity index is 1.65. The van der Waals surface area contributed by atoms with Crippen LogP contribution in [-0.2, 0) is 22.6 Å². The zero-order valence-corrected chi connectivity index (χ0v) is 19.1. The number of aryl methyl sites for hydroxylation is 1. The van der Waals surface area contributed by atoms with E-state index in [-0.39, 0.29) is 23.9 Å². The summed E-state index contributed by atoms with van der Waals surface area (Å²) in [6.07, 6.45) is 1.84. The molecule has 1 aliphatic carbocycles. The minimum atomic E-state index is -0.151. The van der Waals surface area contributed by atoms with Gasteiger partial charge in [0.25, 0.3) is 0 Å². The first-order valence-electron chi connectivity index (χ1n) is 10.2. The molecular weight excluding hydrogens is 430 g/mol. The lowest BCUT2D eigenvalue weighted by Crippen LogP contribution is -2.31. The highest BCUT2D eigenvalue weighted by Gasteiger charge is 2.48. The van der Waals surface area contributed by atoms with Crippen molar-refractivity contribution >= 4 is 21.9 Å². The van der Waals surface area contributed by atoms with Crippen LogP contribution in [0.1, 0.15) is 40.3 Å². The third-order valence-corrected chi connectivity index (χ3v) is 7.06. The van der Waals surface area contributed by atoms with E-state index in [1.54, 1.807) is 0 Å². The maximum atomic E-state index is 12.6. The van der Waals surface area contributed by atoms with Crippen molar-refractivity contribution in [1.82, 2.24) is 4.90 Å². The molecule has 2 aliphatic rings. The third kappa shape index (κ3) is 3.82. The maximum Gasteiger partial charge on any atom is 0.311 e. The Labute approximate surface area is 181 Å². The van der Waals surface area contributed by atoms with Crippen LogP contribution in [0.2, 0.25) is 0 Å². The van der Waals surface area contributed by atoms with Gasteiger partial charge in [-0.1, -0.05) is 34.1 Å². The summed E-state index contributed by atoms with van der Waals surface area (Å²) in [5.74, 6) is 1.02. The summed E-state index contributed by atoms with van der Waals surface area (Å²) < 4.78 is 13.2. The SMILES string of the molecule is Cc1cc(OCc2ccccc2Br)c(C)c2c1CC[C@H]1[C@H](CN(C)C)C(=O)O[C@@H]21. The van der Waals surface area contributed by atoms with Crippen LogP contribution < -0.4 is 4.74 Å². The molecule has 4 nitrogen and oxygen atoms in total. The zero-order chi connectivity index (χ0) is 20.7. The van der Waals surface area contributed by atoms with Crippen molar-refractivity contribution in [3.8, 4) is 5.75 Å². The average molecular weight is 458 g/mol. The quantitative estimate of drug-likeness (QED) is 0.593. The Morgan fingerprint density at radius 3 is 2.72 bits per heavy atom. The number of hydrogen-bond donors (Lipinski definition) is 0. The van der Waals surface area contributed by atoms with Crippen molar-refractivity contribution in [1.29, 1.82) is 0 Å². The first-order valence-corrected chi connectivity index (χ1v) is 11.0. The predicted octanol–water partition coefficient (Wildman–Crippen LogP) is 4.98. The predicted molar refractivity (Wildman–Crippen MR) is 117 cm³/mol. The molecule has 4 rings (SSSR count). The van der Waals surface area contributed by atoms with Gasteiger partial charge in [0.15, 0.2) is 0 Å². The van der Waals surface area contributed by atoms with Crippen molar-refractivity contribution < 1.29 is 14.3 Å². The molecular formula is C24H28BrNO3. The summed E-state index contributed by atoms with van der Waals surface area (Å²) in [6, 6.07) is 10.2. The molecule has 0 amide bonds. The molecule has 0 radical (unpaired) electrons. The van der Waals surface area contributed by atoms with E-state index in [1.165, 1.54) is 16.7 Å². The van der Waals surface area contributed by atoms with Gasteiger partial charge in [-0.3, -0.25) is 4.79 Å². The Kier molecular flexibility index (Phi) is 5.71. The second-order valence-corrected chi connectivity index (χ2v) is 9.37. The van der Waals surface area contributed by atoms with Gasteiger partial charge in [0, 0.05) is 28.1 Å². The van der Waals surface area contributed by atoms with Gasteiger partial charge >= 0.3 is 5.97 Å². The van der Waals surface area contributed by atoms with Crippen molar-refractivity contribution in [2.75, 3.05) is 20.6 Å². The van der Waals surface area contributed by atoms with Crippen LogP contribution in [0, 0.1) is 25.7 Å². The van der Waals surface area contributed by atoms with Gasteiger partial charge in [-0.05, 0) is 69.6 Å². The van der Waals surface area contributed by atoms with Gasteiger partial charge in [0.2, 0.25) is 0 Å². The van der Waals surface area contributed by atoms with E-state index in [0.717, 1.165) is 40.7 Å². The Morgan fingerprint density at radius 2 is 2.00 bits per heavy atom. The Hall–Kier alpha value is -1.85. The molecule has 1 saturated heterocycles. The summed E-state index contributed by atoms with van der Waals surface area (Å²) in [7, 11) is 4.03. The van der Waals surface area contributed by atoms with E-state index in [0.29, 0.717) is 6.61 Å². The molecule has 29 heavy (non-hydrogen) atoms. The molecule has 0 N–H and O–H groups in total. The van der Waals surface area contributed by atoms with Crippen molar-refractivity contribution in [2.45, 2.75) is 39.4 Å². The largest absolute Gasteiger partial charge is 0.489 e. The Morgan fingerprint density at radius 1 is 1.24 bits per heavy atom. The van der Waals surface area contributed by atoms with Crippen LogP contribution in [0.3, 0.4) is 0 Å². The van der Waals surface area contributed by atoms with Gasteiger partial charge in [-0.25, -0.2) is 0 Å². The molecule has 0 spiro atoms. The molecule has 1 fully saturated rings. The van der Waals surface area contributed by atoms with Gasteiger partial charge in [0.1, 0.15) is 18.5 Å². The lowest BCUT2D eigenvalue weighted by atomic mass is 9.74. The molecule has 2 aromatic carbocycles. The second-order valence-electron chi connectivity index (χ2n) is 8.52. The maximum absolute atomic E-state index is 12.6. The highest BCUT2D eigenvalue weighted by Crippen LogP contribution is 2.50. The first kappa shape index (κ1) is 20.4. The zero-order valence-electron chi connectivity index (χ0n) is 17.5. The number of rotatable bonds is 5. The summed E-state index contributed by atoms with van der Waals surface area (Å²) >= 11 is 3.59. The normalized spacial score (nSPS) is 23.0. The van der Waals surface area contributed by atoms with Crippen LogP contribution in [0.5, 0.6) is 5.75 Å². The highest BCUT2D eigenvalue weighted by atomic mass is 79.9. The number of hydrogen-bond acceptors (Lipinski definition) is 4.